The van der Waals surface area contributed by atoms with Crippen LogP contribution in [0.3, 0.4) is 0 Å². The van der Waals surface area contributed by atoms with E-state index in [4.69, 9.17) is 4.74 Å². The molecular formula is C9H21N3O4S. The summed E-state index contributed by atoms with van der Waals surface area (Å²) in [7, 11) is -1.91. The second-order valence-electron chi connectivity index (χ2n) is 3.95. The lowest BCUT2D eigenvalue weighted by atomic mass is 10.3. The standard InChI is InChI=1S/C9H21N3O4S/c1-16-8-9(13)2-3-11-17(14,15)12-6-4-10-5-7-12/h9-11,13H,2-8H2,1H3. The minimum atomic E-state index is -3.40. The van der Waals surface area contributed by atoms with Gasteiger partial charge in [-0.2, -0.15) is 12.7 Å². The highest BCUT2D eigenvalue weighted by Gasteiger charge is 2.23. The Morgan fingerprint density at radius 3 is 2.71 bits per heavy atom. The Morgan fingerprint density at radius 2 is 2.12 bits per heavy atom. The molecule has 0 aromatic heterocycles. The zero-order valence-corrected chi connectivity index (χ0v) is 10.9. The average molecular weight is 267 g/mol. The first-order valence-electron chi connectivity index (χ1n) is 5.68. The van der Waals surface area contributed by atoms with Gasteiger partial charge in [-0.3, -0.25) is 0 Å². The van der Waals surface area contributed by atoms with E-state index in [1.54, 1.807) is 0 Å². The van der Waals surface area contributed by atoms with E-state index in [9.17, 15) is 13.5 Å². The maximum Gasteiger partial charge on any atom is 0.279 e. The molecule has 0 radical (unpaired) electrons. The third kappa shape index (κ3) is 5.28. The van der Waals surface area contributed by atoms with Gasteiger partial charge in [-0.05, 0) is 6.42 Å². The molecule has 1 rings (SSSR count). The molecule has 1 unspecified atom stereocenters. The van der Waals surface area contributed by atoms with Gasteiger partial charge in [0, 0.05) is 39.8 Å². The molecule has 7 nitrogen and oxygen atoms in total. The molecule has 0 amide bonds. The molecule has 0 aliphatic carbocycles. The van der Waals surface area contributed by atoms with Crippen LogP contribution < -0.4 is 10.0 Å². The highest BCUT2D eigenvalue weighted by molar-refractivity contribution is 7.87. The number of aliphatic hydroxyl groups is 1. The van der Waals surface area contributed by atoms with Gasteiger partial charge in [0.1, 0.15) is 0 Å². The van der Waals surface area contributed by atoms with Gasteiger partial charge >= 0.3 is 0 Å². The fourth-order valence-electron chi connectivity index (χ4n) is 1.61. The number of ether oxygens (including phenoxy) is 1. The number of aliphatic hydroxyl groups excluding tert-OH is 1. The lowest BCUT2D eigenvalue weighted by Gasteiger charge is -2.26. The quantitative estimate of drug-likeness (QED) is 0.502. The maximum atomic E-state index is 11.8. The second-order valence-corrected chi connectivity index (χ2v) is 5.70. The molecule has 17 heavy (non-hydrogen) atoms. The molecule has 1 fully saturated rings. The van der Waals surface area contributed by atoms with Gasteiger partial charge in [-0.1, -0.05) is 0 Å². The summed E-state index contributed by atoms with van der Waals surface area (Å²) in [6.07, 6.45) is -0.287. The Morgan fingerprint density at radius 1 is 1.47 bits per heavy atom. The minimum Gasteiger partial charge on any atom is -0.391 e. The Labute approximate surface area is 102 Å². The molecule has 8 heteroatoms. The smallest absolute Gasteiger partial charge is 0.279 e. The van der Waals surface area contributed by atoms with Crippen molar-refractivity contribution in [2.24, 2.45) is 0 Å². The van der Waals surface area contributed by atoms with E-state index < -0.39 is 16.3 Å². The van der Waals surface area contributed by atoms with E-state index in [0.717, 1.165) is 0 Å². The number of hydrogen-bond acceptors (Lipinski definition) is 5. The summed E-state index contributed by atoms with van der Waals surface area (Å²) in [6.45, 7) is 2.75. The lowest BCUT2D eigenvalue weighted by Crippen LogP contribution is -2.50. The number of methoxy groups -OCH3 is 1. The van der Waals surface area contributed by atoms with E-state index in [2.05, 4.69) is 10.0 Å². The van der Waals surface area contributed by atoms with Crippen LogP contribution in [0.25, 0.3) is 0 Å². The summed E-state index contributed by atoms with van der Waals surface area (Å²) in [5.74, 6) is 0. The van der Waals surface area contributed by atoms with Crippen molar-refractivity contribution < 1.29 is 18.3 Å². The maximum absolute atomic E-state index is 11.8. The summed E-state index contributed by atoms with van der Waals surface area (Å²) in [5, 5.41) is 12.5. The average Bonchev–Trinajstić information content (AvgIpc) is 2.30. The fourth-order valence-corrected chi connectivity index (χ4v) is 2.83. The third-order valence-corrected chi connectivity index (χ3v) is 4.15. The first-order valence-corrected chi connectivity index (χ1v) is 7.12. The van der Waals surface area contributed by atoms with Gasteiger partial charge in [-0.25, -0.2) is 4.72 Å². The predicted molar refractivity (Wildman–Crippen MR) is 63.9 cm³/mol. The van der Waals surface area contributed by atoms with Gasteiger partial charge in [0.15, 0.2) is 0 Å². The van der Waals surface area contributed by atoms with Crippen molar-refractivity contribution in [1.82, 2.24) is 14.3 Å². The van der Waals surface area contributed by atoms with Crippen molar-refractivity contribution in [3.63, 3.8) is 0 Å². The van der Waals surface area contributed by atoms with Gasteiger partial charge in [0.2, 0.25) is 0 Å². The number of nitrogens with one attached hydrogen (secondary N) is 2. The summed E-state index contributed by atoms with van der Waals surface area (Å²) < 4.78 is 32.2. The molecule has 1 aliphatic rings. The fraction of sp³-hybridized carbons (Fsp3) is 1.00. The topological polar surface area (TPSA) is 90.9 Å². The molecule has 1 saturated heterocycles. The molecule has 1 aliphatic heterocycles. The number of piperazine rings is 1. The second kappa shape index (κ2) is 7.24. The number of nitrogens with zero attached hydrogens (tertiary/aromatic N) is 1. The largest absolute Gasteiger partial charge is 0.391 e. The summed E-state index contributed by atoms with van der Waals surface area (Å²) in [6, 6.07) is 0. The van der Waals surface area contributed by atoms with Crippen molar-refractivity contribution in [1.29, 1.82) is 0 Å². The van der Waals surface area contributed by atoms with Crippen LogP contribution >= 0.6 is 0 Å². The summed E-state index contributed by atoms with van der Waals surface area (Å²) in [4.78, 5) is 0. The van der Waals surface area contributed by atoms with Crippen LogP contribution in [0.4, 0.5) is 0 Å². The zero-order valence-electron chi connectivity index (χ0n) is 10.1. The first-order chi connectivity index (χ1) is 8.06. The normalized spacial score (nSPS) is 20.4. The Balaban J connectivity index is 2.29. The number of hydrogen-bond donors (Lipinski definition) is 3. The van der Waals surface area contributed by atoms with Gasteiger partial charge < -0.3 is 15.2 Å². The molecule has 0 saturated carbocycles. The highest BCUT2D eigenvalue weighted by Crippen LogP contribution is 2.00. The van der Waals surface area contributed by atoms with E-state index in [-0.39, 0.29) is 13.2 Å². The summed E-state index contributed by atoms with van der Waals surface area (Å²) in [5.41, 5.74) is 0. The van der Waals surface area contributed by atoms with Gasteiger partial charge in [-0.15, -0.1) is 0 Å². The van der Waals surface area contributed by atoms with Crippen molar-refractivity contribution in [2.75, 3.05) is 46.4 Å². The van der Waals surface area contributed by atoms with Gasteiger partial charge in [0.25, 0.3) is 10.2 Å². The molecule has 0 bridgehead atoms. The highest BCUT2D eigenvalue weighted by atomic mass is 32.2. The van der Waals surface area contributed by atoms with E-state index in [0.29, 0.717) is 32.6 Å². The minimum absolute atomic E-state index is 0.218. The molecule has 102 valence electrons. The Bertz CT molecular complexity index is 303. The monoisotopic (exact) mass is 267 g/mol. The molecule has 0 aromatic rings. The zero-order chi connectivity index (χ0) is 12.7. The molecular weight excluding hydrogens is 246 g/mol. The lowest BCUT2D eigenvalue weighted by molar-refractivity contribution is 0.0602. The van der Waals surface area contributed by atoms with Crippen LogP contribution in [0.5, 0.6) is 0 Å². The van der Waals surface area contributed by atoms with Crippen LogP contribution in [0.15, 0.2) is 0 Å². The van der Waals surface area contributed by atoms with E-state index >= 15 is 0 Å². The Kier molecular flexibility index (Phi) is 6.31. The van der Waals surface area contributed by atoms with E-state index in [1.165, 1.54) is 11.4 Å². The van der Waals surface area contributed by atoms with Crippen molar-refractivity contribution in [3.8, 4) is 0 Å². The SMILES string of the molecule is COCC(O)CCNS(=O)(=O)N1CCNCC1. The van der Waals surface area contributed by atoms with E-state index in [1.807, 2.05) is 0 Å². The van der Waals surface area contributed by atoms with Crippen LogP contribution in [0, 0.1) is 0 Å². The van der Waals surface area contributed by atoms with Crippen LogP contribution in [0.2, 0.25) is 0 Å². The molecule has 1 atom stereocenters. The van der Waals surface area contributed by atoms with Crippen molar-refractivity contribution in [2.45, 2.75) is 12.5 Å². The third-order valence-electron chi connectivity index (χ3n) is 2.54. The van der Waals surface area contributed by atoms with Crippen molar-refractivity contribution in [3.05, 3.63) is 0 Å². The molecule has 0 spiro atoms. The molecule has 1 heterocycles. The van der Waals surface area contributed by atoms with Crippen LogP contribution in [0.1, 0.15) is 6.42 Å². The van der Waals surface area contributed by atoms with Crippen LogP contribution in [-0.4, -0.2) is 70.4 Å². The molecule has 3 N–H and O–H groups in total. The van der Waals surface area contributed by atoms with Crippen LogP contribution in [-0.2, 0) is 14.9 Å². The predicted octanol–water partition coefficient (Wildman–Crippen LogP) is -1.88. The number of rotatable bonds is 7. The molecule has 0 aromatic carbocycles. The van der Waals surface area contributed by atoms with Crippen molar-refractivity contribution >= 4 is 10.2 Å². The first kappa shape index (κ1) is 14.8. The van der Waals surface area contributed by atoms with Gasteiger partial charge in [0.05, 0.1) is 12.7 Å². The summed E-state index contributed by atoms with van der Waals surface area (Å²) >= 11 is 0. The Hall–Kier alpha value is -0.250.